The van der Waals surface area contributed by atoms with Crippen LogP contribution in [0.25, 0.3) is 0 Å². The van der Waals surface area contributed by atoms with Gasteiger partial charge in [0.25, 0.3) is 0 Å². The van der Waals surface area contributed by atoms with Crippen molar-refractivity contribution in [1.82, 2.24) is 5.32 Å². The lowest BCUT2D eigenvalue weighted by atomic mass is 9.86. The fraction of sp³-hybridized carbons (Fsp3) is 0.588. The standard InChI is InChI=1S/C17H24N2O2/c1-21-16-5-4-15(18)8-14(16)10-19-17(20)9-13-7-11-2-3-12(13)6-11/h4-5,8,11-13H,2-3,6-7,9-10,18H2,1H3,(H,19,20). The fourth-order valence-corrected chi connectivity index (χ4v) is 4.07. The number of nitrogens with two attached hydrogens (primary N) is 1. The zero-order valence-electron chi connectivity index (χ0n) is 12.6. The number of anilines is 1. The van der Waals surface area contributed by atoms with Gasteiger partial charge < -0.3 is 15.8 Å². The molecule has 3 N–H and O–H groups in total. The quantitative estimate of drug-likeness (QED) is 0.819. The number of nitrogens with one attached hydrogen (secondary N) is 1. The van der Waals surface area contributed by atoms with Crippen molar-refractivity contribution >= 4 is 11.6 Å². The molecule has 2 aliphatic carbocycles. The summed E-state index contributed by atoms with van der Waals surface area (Å²) in [5.41, 5.74) is 7.41. The number of carbonyl (C=O) groups excluding carboxylic acids is 1. The van der Waals surface area contributed by atoms with Crippen LogP contribution in [0.15, 0.2) is 18.2 Å². The maximum atomic E-state index is 12.2. The molecule has 0 aromatic heterocycles. The molecule has 0 aliphatic heterocycles. The number of fused-ring (bicyclic) bond motifs is 2. The first kappa shape index (κ1) is 14.2. The summed E-state index contributed by atoms with van der Waals surface area (Å²) in [6.45, 7) is 0.480. The number of nitrogen functional groups attached to an aromatic ring is 1. The third kappa shape index (κ3) is 3.14. The molecule has 21 heavy (non-hydrogen) atoms. The number of benzene rings is 1. The maximum absolute atomic E-state index is 12.2. The Morgan fingerprint density at radius 2 is 2.24 bits per heavy atom. The molecule has 2 bridgehead atoms. The number of rotatable bonds is 5. The number of amides is 1. The smallest absolute Gasteiger partial charge is 0.220 e. The summed E-state index contributed by atoms with van der Waals surface area (Å²) in [7, 11) is 1.63. The summed E-state index contributed by atoms with van der Waals surface area (Å²) in [4.78, 5) is 12.2. The second-order valence-electron chi connectivity index (χ2n) is 6.49. The minimum atomic E-state index is 0.150. The molecule has 0 heterocycles. The van der Waals surface area contributed by atoms with Crippen molar-refractivity contribution in [2.75, 3.05) is 12.8 Å². The first-order valence-electron chi connectivity index (χ1n) is 7.84. The van der Waals surface area contributed by atoms with Crippen LogP contribution in [0, 0.1) is 17.8 Å². The van der Waals surface area contributed by atoms with Crippen molar-refractivity contribution < 1.29 is 9.53 Å². The van der Waals surface area contributed by atoms with E-state index in [4.69, 9.17) is 10.5 Å². The Kier molecular flexibility index (Phi) is 4.04. The molecule has 4 nitrogen and oxygen atoms in total. The van der Waals surface area contributed by atoms with Gasteiger partial charge >= 0.3 is 0 Å². The zero-order chi connectivity index (χ0) is 14.8. The van der Waals surface area contributed by atoms with E-state index >= 15 is 0 Å². The fourth-order valence-electron chi connectivity index (χ4n) is 4.07. The van der Waals surface area contributed by atoms with Gasteiger partial charge in [-0.2, -0.15) is 0 Å². The molecule has 3 atom stereocenters. The Balaban J connectivity index is 1.53. The third-order valence-electron chi connectivity index (χ3n) is 5.11. The highest BCUT2D eigenvalue weighted by Crippen LogP contribution is 2.49. The summed E-state index contributed by atoms with van der Waals surface area (Å²) in [5.74, 6) is 3.21. The van der Waals surface area contributed by atoms with E-state index < -0.39 is 0 Å². The van der Waals surface area contributed by atoms with Crippen LogP contribution in [-0.4, -0.2) is 13.0 Å². The van der Waals surface area contributed by atoms with E-state index in [-0.39, 0.29) is 5.91 Å². The lowest BCUT2D eigenvalue weighted by molar-refractivity contribution is -0.122. The lowest BCUT2D eigenvalue weighted by Gasteiger charge is -2.21. The van der Waals surface area contributed by atoms with E-state index in [0.29, 0.717) is 24.6 Å². The summed E-state index contributed by atoms with van der Waals surface area (Å²) in [6, 6.07) is 5.50. The van der Waals surface area contributed by atoms with E-state index in [1.807, 2.05) is 12.1 Å². The number of hydrogen-bond donors (Lipinski definition) is 2. The van der Waals surface area contributed by atoms with Gasteiger partial charge in [-0.05, 0) is 55.2 Å². The number of methoxy groups -OCH3 is 1. The van der Waals surface area contributed by atoms with Gasteiger partial charge in [-0.3, -0.25) is 4.79 Å². The van der Waals surface area contributed by atoms with Crippen LogP contribution in [-0.2, 0) is 11.3 Å². The average molecular weight is 288 g/mol. The lowest BCUT2D eigenvalue weighted by Crippen LogP contribution is -2.27. The minimum Gasteiger partial charge on any atom is -0.496 e. The Labute approximate surface area is 126 Å². The Morgan fingerprint density at radius 3 is 2.90 bits per heavy atom. The second-order valence-corrected chi connectivity index (χ2v) is 6.49. The van der Waals surface area contributed by atoms with Gasteiger partial charge in [-0.1, -0.05) is 6.42 Å². The van der Waals surface area contributed by atoms with Crippen LogP contribution in [0.1, 0.15) is 37.7 Å². The summed E-state index contributed by atoms with van der Waals surface area (Å²) >= 11 is 0. The summed E-state index contributed by atoms with van der Waals surface area (Å²) in [5, 5.41) is 3.01. The van der Waals surface area contributed by atoms with Crippen LogP contribution in [0.3, 0.4) is 0 Å². The third-order valence-corrected chi connectivity index (χ3v) is 5.11. The predicted molar refractivity (Wildman–Crippen MR) is 82.8 cm³/mol. The normalized spacial score (nSPS) is 26.8. The maximum Gasteiger partial charge on any atom is 0.220 e. The molecule has 1 aromatic carbocycles. The molecule has 114 valence electrons. The van der Waals surface area contributed by atoms with Gasteiger partial charge in [-0.25, -0.2) is 0 Å². The van der Waals surface area contributed by atoms with Crippen LogP contribution < -0.4 is 15.8 Å². The molecule has 0 radical (unpaired) electrons. The van der Waals surface area contributed by atoms with Crippen LogP contribution in [0.4, 0.5) is 5.69 Å². The van der Waals surface area contributed by atoms with Crippen LogP contribution in [0.2, 0.25) is 0 Å². The highest BCUT2D eigenvalue weighted by molar-refractivity contribution is 5.76. The number of ether oxygens (including phenoxy) is 1. The molecule has 1 aromatic rings. The van der Waals surface area contributed by atoms with Gasteiger partial charge in [0.2, 0.25) is 5.91 Å². The average Bonchev–Trinajstić information content (AvgIpc) is 3.08. The number of hydrogen-bond acceptors (Lipinski definition) is 3. The first-order chi connectivity index (χ1) is 10.2. The largest absolute Gasteiger partial charge is 0.496 e. The Morgan fingerprint density at radius 1 is 1.38 bits per heavy atom. The first-order valence-corrected chi connectivity index (χ1v) is 7.84. The number of carbonyl (C=O) groups is 1. The molecule has 1 amide bonds. The van der Waals surface area contributed by atoms with E-state index in [2.05, 4.69) is 5.32 Å². The molecule has 2 aliphatic rings. The van der Waals surface area contributed by atoms with E-state index in [1.165, 1.54) is 25.7 Å². The van der Waals surface area contributed by atoms with E-state index in [1.54, 1.807) is 13.2 Å². The van der Waals surface area contributed by atoms with Gasteiger partial charge in [0.1, 0.15) is 5.75 Å². The van der Waals surface area contributed by atoms with Crippen molar-refractivity contribution in [3.05, 3.63) is 23.8 Å². The monoisotopic (exact) mass is 288 g/mol. The SMILES string of the molecule is COc1ccc(N)cc1CNC(=O)CC1CC2CCC1C2. The molecular weight excluding hydrogens is 264 g/mol. The Bertz CT molecular complexity index is 530. The van der Waals surface area contributed by atoms with E-state index in [9.17, 15) is 4.79 Å². The Hall–Kier alpha value is -1.71. The molecular formula is C17H24N2O2. The van der Waals surface area contributed by atoms with Gasteiger partial charge in [0, 0.05) is 24.2 Å². The van der Waals surface area contributed by atoms with Crippen molar-refractivity contribution in [1.29, 1.82) is 0 Å². The summed E-state index contributed by atoms with van der Waals surface area (Å²) < 4.78 is 5.30. The molecule has 4 heteroatoms. The van der Waals surface area contributed by atoms with Gasteiger partial charge in [0.15, 0.2) is 0 Å². The van der Waals surface area contributed by atoms with Crippen molar-refractivity contribution in [2.24, 2.45) is 17.8 Å². The molecule has 2 saturated carbocycles. The molecule has 3 rings (SSSR count). The van der Waals surface area contributed by atoms with Gasteiger partial charge in [-0.15, -0.1) is 0 Å². The minimum absolute atomic E-state index is 0.150. The molecule has 2 fully saturated rings. The van der Waals surface area contributed by atoms with Crippen molar-refractivity contribution in [2.45, 2.75) is 38.6 Å². The predicted octanol–water partition coefficient (Wildman–Crippen LogP) is 2.72. The molecule has 0 saturated heterocycles. The molecule has 3 unspecified atom stereocenters. The van der Waals surface area contributed by atoms with Crippen molar-refractivity contribution in [3.63, 3.8) is 0 Å². The highest BCUT2D eigenvalue weighted by atomic mass is 16.5. The zero-order valence-corrected chi connectivity index (χ0v) is 12.6. The van der Waals surface area contributed by atoms with E-state index in [0.717, 1.165) is 23.1 Å². The summed E-state index contributed by atoms with van der Waals surface area (Å²) in [6.07, 6.45) is 5.97. The van der Waals surface area contributed by atoms with Gasteiger partial charge in [0.05, 0.1) is 7.11 Å². The van der Waals surface area contributed by atoms with Crippen molar-refractivity contribution in [3.8, 4) is 5.75 Å². The topological polar surface area (TPSA) is 64.3 Å². The molecule has 0 spiro atoms. The second kappa shape index (κ2) is 5.96. The van der Waals surface area contributed by atoms with Crippen LogP contribution in [0.5, 0.6) is 5.75 Å². The highest BCUT2D eigenvalue weighted by Gasteiger charge is 2.39. The van der Waals surface area contributed by atoms with Crippen LogP contribution >= 0.6 is 0 Å².